The molecule has 1 aliphatic rings. The van der Waals surface area contributed by atoms with E-state index in [-0.39, 0.29) is 12.0 Å². The third-order valence-electron chi connectivity index (χ3n) is 4.05. The fraction of sp³-hybridized carbons (Fsp3) is 0.667. The zero-order chi connectivity index (χ0) is 14.5. The fourth-order valence-electron chi connectivity index (χ4n) is 2.68. The van der Waals surface area contributed by atoms with E-state index >= 15 is 0 Å². The molecule has 1 aliphatic heterocycles. The zero-order valence-electron chi connectivity index (χ0n) is 12.4. The molecule has 1 saturated heterocycles. The van der Waals surface area contributed by atoms with Crippen molar-refractivity contribution in [1.82, 2.24) is 14.8 Å². The average molecular weight is 279 g/mol. The van der Waals surface area contributed by atoms with Gasteiger partial charge in [-0.1, -0.05) is 0 Å². The SMILES string of the molecule is Cc1c(C(=O)NCCCN2CCCC(O)C2)ccn1C. The van der Waals surface area contributed by atoms with E-state index < -0.39 is 0 Å². The van der Waals surface area contributed by atoms with Crippen LogP contribution in [0.5, 0.6) is 0 Å². The molecule has 2 N–H and O–H groups in total. The Morgan fingerprint density at radius 1 is 1.55 bits per heavy atom. The maximum Gasteiger partial charge on any atom is 0.253 e. The minimum atomic E-state index is -0.176. The molecule has 2 heterocycles. The van der Waals surface area contributed by atoms with Crippen LogP contribution in [-0.2, 0) is 7.05 Å². The average Bonchev–Trinajstić information content (AvgIpc) is 2.75. The van der Waals surface area contributed by atoms with E-state index in [9.17, 15) is 9.90 Å². The second-order valence-electron chi connectivity index (χ2n) is 5.63. The summed E-state index contributed by atoms with van der Waals surface area (Å²) in [5.41, 5.74) is 1.74. The normalized spacial score (nSPS) is 20.1. The molecule has 0 spiro atoms. The van der Waals surface area contributed by atoms with Crippen LogP contribution in [0, 0.1) is 6.92 Å². The first-order chi connectivity index (χ1) is 9.58. The summed E-state index contributed by atoms with van der Waals surface area (Å²) in [6, 6.07) is 1.85. The molecule has 112 valence electrons. The summed E-state index contributed by atoms with van der Waals surface area (Å²) in [6.45, 7) is 5.39. The summed E-state index contributed by atoms with van der Waals surface area (Å²) in [4.78, 5) is 14.3. The monoisotopic (exact) mass is 279 g/mol. The number of rotatable bonds is 5. The summed E-state index contributed by atoms with van der Waals surface area (Å²) in [6.07, 6.45) is 4.63. The van der Waals surface area contributed by atoms with Crippen LogP contribution >= 0.6 is 0 Å². The van der Waals surface area contributed by atoms with E-state index in [0.29, 0.717) is 6.54 Å². The molecule has 1 aromatic rings. The molecular weight excluding hydrogens is 254 g/mol. The van der Waals surface area contributed by atoms with Gasteiger partial charge in [0.05, 0.1) is 11.7 Å². The molecule has 0 aliphatic carbocycles. The lowest BCUT2D eigenvalue weighted by atomic mass is 10.1. The standard InChI is InChI=1S/C15H25N3O2/c1-12-14(6-10-17(12)2)15(20)16-7-4-9-18-8-3-5-13(19)11-18/h6,10,13,19H,3-5,7-9,11H2,1-2H3,(H,16,20). The number of aromatic nitrogens is 1. The lowest BCUT2D eigenvalue weighted by molar-refractivity contribution is 0.0697. The van der Waals surface area contributed by atoms with Crippen LogP contribution in [-0.4, -0.2) is 52.8 Å². The van der Waals surface area contributed by atoms with Crippen molar-refractivity contribution >= 4 is 5.91 Å². The molecule has 1 aromatic heterocycles. The fourth-order valence-corrected chi connectivity index (χ4v) is 2.68. The van der Waals surface area contributed by atoms with Crippen molar-refractivity contribution in [2.75, 3.05) is 26.2 Å². The van der Waals surface area contributed by atoms with Gasteiger partial charge >= 0.3 is 0 Å². The molecule has 20 heavy (non-hydrogen) atoms. The van der Waals surface area contributed by atoms with Gasteiger partial charge in [0.15, 0.2) is 0 Å². The van der Waals surface area contributed by atoms with Crippen molar-refractivity contribution in [1.29, 1.82) is 0 Å². The summed E-state index contributed by atoms with van der Waals surface area (Å²) in [5.74, 6) is 0.00165. The number of hydrogen-bond acceptors (Lipinski definition) is 3. The first-order valence-corrected chi connectivity index (χ1v) is 7.38. The predicted octanol–water partition coefficient (Wildman–Crippen LogP) is 0.910. The Morgan fingerprint density at radius 3 is 3.00 bits per heavy atom. The van der Waals surface area contributed by atoms with E-state index in [1.165, 1.54) is 0 Å². The van der Waals surface area contributed by atoms with Crippen LogP contribution in [0.3, 0.4) is 0 Å². The van der Waals surface area contributed by atoms with Crippen LogP contribution in [0.2, 0.25) is 0 Å². The largest absolute Gasteiger partial charge is 0.392 e. The highest BCUT2D eigenvalue weighted by Crippen LogP contribution is 2.10. The first kappa shape index (κ1) is 15.1. The van der Waals surface area contributed by atoms with Crippen LogP contribution in [0.4, 0.5) is 0 Å². The molecule has 5 nitrogen and oxygen atoms in total. The van der Waals surface area contributed by atoms with Gasteiger partial charge in [-0.05, 0) is 45.3 Å². The van der Waals surface area contributed by atoms with Gasteiger partial charge in [-0.2, -0.15) is 0 Å². The highest BCUT2D eigenvalue weighted by atomic mass is 16.3. The van der Waals surface area contributed by atoms with E-state index in [4.69, 9.17) is 0 Å². The lowest BCUT2D eigenvalue weighted by Gasteiger charge is -2.29. The summed E-state index contributed by atoms with van der Waals surface area (Å²) < 4.78 is 1.95. The molecular formula is C15H25N3O2. The smallest absolute Gasteiger partial charge is 0.253 e. The van der Waals surface area contributed by atoms with Crippen LogP contribution in [0.15, 0.2) is 12.3 Å². The lowest BCUT2D eigenvalue weighted by Crippen LogP contribution is -2.39. The van der Waals surface area contributed by atoms with Crippen LogP contribution in [0.1, 0.15) is 35.3 Å². The maximum atomic E-state index is 12.0. The van der Waals surface area contributed by atoms with Gasteiger partial charge in [0.2, 0.25) is 0 Å². The van der Waals surface area contributed by atoms with Gasteiger partial charge < -0.3 is 19.9 Å². The van der Waals surface area contributed by atoms with E-state index in [1.807, 2.05) is 30.8 Å². The zero-order valence-corrected chi connectivity index (χ0v) is 12.4. The van der Waals surface area contributed by atoms with E-state index in [0.717, 1.165) is 50.2 Å². The molecule has 0 radical (unpaired) electrons. The van der Waals surface area contributed by atoms with Crippen molar-refractivity contribution in [2.24, 2.45) is 7.05 Å². The molecule has 1 fully saturated rings. The molecule has 0 saturated carbocycles. The third kappa shape index (κ3) is 3.84. The number of nitrogens with zero attached hydrogens (tertiary/aromatic N) is 2. The quantitative estimate of drug-likeness (QED) is 0.788. The number of β-amino-alcohol motifs (C(OH)–C–C–N with tert-alkyl or cyclic N) is 1. The van der Waals surface area contributed by atoms with Crippen molar-refractivity contribution in [3.8, 4) is 0 Å². The molecule has 1 atom stereocenters. The molecule has 1 amide bonds. The molecule has 1 unspecified atom stereocenters. The molecule has 0 bridgehead atoms. The number of aryl methyl sites for hydroxylation is 1. The first-order valence-electron chi connectivity index (χ1n) is 7.38. The van der Waals surface area contributed by atoms with Gasteiger partial charge in [-0.15, -0.1) is 0 Å². The highest BCUT2D eigenvalue weighted by molar-refractivity contribution is 5.95. The number of hydrogen-bond donors (Lipinski definition) is 2. The van der Waals surface area contributed by atoms with Crippen LogP contribution < -0.4 is 5.32 Å². The van der Waals surface area contributed by atoms with E-state index in [1.54, 1.807) is 0 Å². The summed E-state index contributed by atoms with van der Waals surface area (Å²) in [7, 11) is 1.94. The molecule has 2 rings (SSSR count). The Morgan fingerprint density at radius 2 is 2.35 bits per heavy atom. The Balaban J connectivity index is 1.68. The highest BCUT2D eigenvalue weighted by Gasteiger charge is 2.17. The third-order valence-corrected chi connectivity index (χ3v) is 4.05. The Labute approximate surface area is 120 Å². The Hall–Kier alpha value is -1.33. The van der Waals surface area contributed by atoms with Crippen molar-refractivity contribution < 1.29 is 9.90 Å². The number of carbonyl (C=O) groups excluding carboxylic acids is 1. The number of aliphatic hydroxyl groups excluding tert-OH is 1. The van der Waals surface area contributed by atoms with Gasteiger partial charge in [0, 0.05) is 32.0 Å². The van der Waals surface area contributed by atoms with Gasteiger partial charge in [0.1, 0.15) is 0 Å². The Bertz CT molecular complexity index is 456. The number of likely N-dealkylation sites (tertiary alicyclic amines) is 1. The number of aliphatic hydroxyl groups is 1. The van der Waals surface area contributed by atoms with Crippen molar-refractivity contribution in [3.63, 3.8) is 0 Å². The van der Waals surface area contributed by atoms with Gasteiger partial charge in [0.25, 0.3) is 5.91 Å². The summed E-state index contributed by atoms with van der Waals surface area (Å²) >= 11 is 0. The topological polar surface area (TPSA) is 57.5 Å². The summed E-state index contributed by atoms with van der Waals surface area (Å²) in [5, 5.41) is 12.6. The number of piperidine rings is 1. The van der Waals surface area contributed by atoms with Gasteiger partial charge in [-0.25, -0.2) is 0 Å². The second kappa shape index (κ2) is 6.90. The maximum absolute atomic E-state index is 12.0. The number of nitrogens with one attached hydrogen (secondary N) is 1. The predicted molar refractivity (Wildman–Crippen MR) is 78.8 cm³/mol. The number of carbonyl (C=O) groups is 1. The second-order valence-corrected chi connectivity index (χ2v) is 5.63. The van der Waals surface area contributed by atoms with Gasteiger partial charge in [-0.3, -0.25) is 4.79 Å². The van der Waals surface area contributed by atoms with Crippen molar-refractivity contribution in [2.45, 2.75) is 32.3 Å². The van der Waals surface area contributed by atoms with Crippen molar-refractivity contribution in [3.05, 3.63) is 23.5 Å². The minimum Gasteiger partial charge on any atom is -0.392 e. The van der Waals surface area contributed by atoms with Crippen LogP contribution in [0.25, 0.3) is 0 Å². The van der Waals surface area contributed by atoms with E-state index in [2.05, 4.69) is 10.2 Å². The molecule has 5 heteroatoms. The minimum absolute atomic E-state index is 0.00165. The number of amides is 1. The molecule has 0 aromatic carbocycles. The Kier molecular flexibility index (Phi) is 5.20.